The molecule has 1 fully saturated rings. The first-order valence-corrected chi connectivity index (χ1v) is 9.61. The Hall–Kier alpha value is -2.05. The second-order valence-corrected chi connectivity index (χ2v) is 8.51. The van der Waals surface area contributed by atoms with Crippen molar-refractivity contribution in [2.45, 2.75) is 33.1 Å². The van der Waals surface area contributed by atoms with Gasteiger partial charge in [-0.05, 0) is 24.6 Å². The Morgan fingerprint density at radius 3 is 2.56 bits per heavy atom. The second kappa shape index (κ2) is 7.90. The lowest BCUT2D eigenvalue weighted by Gasteiger charge is -2.36. The van der Waals surface area contributed by atoms with Crippen LogP contribution in [0.15, 0.2) is 28.8 Å². The van der Waals surface area contributed by atoms with Crippen LogP contribution in [0.2, 0.25) is 5.02 Å². The molecular formula is C20H27ClN4O2. The molecule has 0 aliphatic carbocycles. The van der Waals surface area contributed by atoms with E-state index >= 15 is 0 Å². The van der Waals surface area contributed by atoms with E-state index in [0.717, 1.165) is 36.9 Å². The van der Waals surface area contributed by atoms with Gasteiger partial charge in [0.2, 0.25) is 11.8 Å². The number of aromatic nitrogens is 1. The molecule has 1 aliphatic rings. The molecule has 2 aromatic rings. The average Bonchev–Trinajstić information content (AvgIpc) is 3.06. The van der Waals surface area contributed by atoms with Crippen LogP contribution in [-0.4, -0.2) is 48.7 Å². The van der Waals surface area contributed by atoms with Gasteiger partial charge in [0.1, 0.15) is 0 Å². The van der Waals surface area contributed by atoms with E-state index in [9.17, 15) is 4.79 Å². The highest BCUT2D eigenvalue weighted by molar-refractivity contribution is 6.30. The van der Waals surface area contributed by atoms with Gasteiger partial charge in [0.15, 0.2) is 0 Å². The number of nitrogens with one attached hydrogen (secondary N) is 1. The molecule has 1 aromatic heterocycles. The predicted octanol–water partition coefficient (Wildman–Crippen LogP) is 3.69. The van der Waals surface area contributed by atoms with Gasteiger partial charge in [-0.25, -0.2) is 0 Å². The summed E-state index contributed by atoms with van der Waals surface area (Å²) in [4.78, 5) is 16.8. The van der Waals surface area contributed by atoms with Crippen molar-refractivity contribution in [3.8, 4) is 0 Å². The lowest BCUT2D eigenvalue weighted by molar-refractivity contribution is -0.117. The predicted molar refractivity (Wildman–Crippen MR) is 109 cm³/mol. The summed E-state index contributed by atoms with van der Waals surface area (Å²) in [5.41, 5.74) is 3.10. The van der Waals surface area contributed by atoms with Crippen molar-refractivity contribution in [1.29, 1.82) is 0 Å². The molecule has 27 heavy (non-hydrogen) atoms. The number of hydrogen-bond acceptors (Lipinski definition) is 5. The van der Waals surface area contributed by atoms with Crippen LogP contribution >= 0.6 is 11.6 Å². The average molecular weight is 391 g/mol. The van der Waals surface area contributed by atoms with Gasteiger partial charge in [-0.1, -0.05) is 43.6 Å². The van der Waals surface area contributed by atoms with Gasteiger partial charge in [-0.2, -0.15) is 0 Å². The Morgan fingerprint density at radius 2 is 1.93 bits per heavy atom. The Labute approximate surface area is 165 Å². The van der Waals surface area contributed by atoms with Gasteiger partial charge < -0.3 is 9.42 Å². The first kappa shape index (κ1) is 19.7. The number of amides is 1. The fraction of sp³-hybridized carbons (Fsp3) is 0.500. The number of carbonyl (C=O) groups excluding carboxylic acids is 1. The topological polar surface area (TPSA) is 61.6 Å². The number of hydrogen-bond donors (Lipinski definition) is 1. The molecule has 146 valence electrons. The zero-order valence-corrected chi connectivity index (χ0v) is 17.1. The Balaban J connectivity index is 1.51. The molecule has 0 bridgehead atoms. The summed E-state index contributed by atoms with van der Waals surface area (Å²) in [5, 5.41) is 7.57. The van der Waals surface area contributed by atoms with Gasteiger partial charge in [0.05, 0.1) is 12.2 Å². The van der Waals surface area contributed by atoms with Crippen molar-refractivity contribution in [2.24, 2.45) is 0 Å². The minimum atomic E-state index is -0.110. The molecule has 0 unspecified atom stereocenters. The zero-order chi connectivity index (χ0) is 19.6. The highest BCUT2D eigenvalue weighted by Gasteiger charge is 2.22. The smallest absolute Gasteiger partial charge is 0.240 e. The quantitative estimate of drug-likeness (QED) is 0.862. The number of benzene rings is 1. The number of nitrogens with zero attached hydrogens (tertiary/aromatic N) is 3. The first-order valence-electron chi connectivity index (χ1n) is 9.23. The molecule has 1 saturated heterocycles. The number of piperazine rings is 1. The number of rotatable bonds is 4. The summed E-state index contributed by atoms with van der Waals surface area (Å²) < 4.78 is 5.23. The van der Waals surface area contributed by atoms with Gasteiger partial charge in [-0.15, -0.1) is 0 Å². The largest absolute Gasteiger partial charge is 0.369 e. The van der Waals surface area contributed by atoms with Gasteiger partial charge >= 0.3 is 0 Å². The highest BCUT2D eigenvalue weighted by atomic mass is 35.5. The maximum absolute atomic E-state index is 12.3. The minimum Gasteiger partial charge on any atom is -0.369 e. The summed E-state index contributed by atoms with van der Waals surface area (Å²) in [6.45, 7) is 12.0. The van der Waals surface area contributed by atoms with Crippen molar-refractivity contribution >= 4 is 29.1 Å². The number of carbonyl (C=O) groups is 1. The summed E-state index contributed by atoms with van der Waals surface area (Å²) in [5.74, 6) is 0.317. The van der Waals surface area contributed by atoms with Gasteiger partial charge in [0, 0.05) is 48.4 Å². The van der Waals surface area contributed by atoms with Crippen molar-refractivity contribution in [1.82, 2.24) is 10.1 Å². The number of aryl methyl sites for hydroxylation is 1. The molecule has 6 nitrogen and oxygen atoms in total. The molecule has 0 radical (unpaired) electrons. The zero-order valence-electron chi connectivity index (χ0n) is 16.4. The Kier molecular flexibility index (Phi) is 5.77. The molecule has 1 aromatic carbocycles. The van der Waals surface area contributed by atoms with Crippen LogP contribution in [-0.2, 0) is 10.2 Å². The van der Waals surface area contributed by atoms with Crippen LogP contribution in [0.1, 0.15) is 32.0 Å². The third kappa shape index (κ3) is 5.02. The number of halogens is 1. The van der Waals surface area contributed by atoms with E-state index in [2.05, 4.69) is 48.0 Å². The molecule has 3 rings (SSSR count). The molecule has 1 aliphatic heterocycles. The summed E-state index contributed by atoms with van der Waals surface area (Å²) in [6.07, 6.45) is 0. The molecule has 1 amide bonds. The van der Waals surface area contributed by atoms with Crippen LogP contribution in [0.4, 0.5) is 11.6 Å². The van der Waals surface area contributed by atoms with E-state index < -0.39 is 0 Å². The van der Waals surface area contributed by atoms with E-state index in [1.807, 2.05) is 18.2 Å². The molecule has 2 heterocycles. The van der Waals surface area contributed by atoms with Crippen molar-refractivity contribution in [3.05, 3.63) is 40.5 Å². The van der Waals surface area contributed by atoms with Crippen LogP contribution < -0.4 is 10.2 Å². The summed E-state index contributed by atoms with van der Waals surface area (Å²) in [7, 11) is 0. The fourth-order valence-corrected chi connectivity index (χ4v) is 3.30. The van der Waals surface area contributed by atoms with Crippen LogP contribution in [0, 0.1) is 6.92 Å². The van der Waals surface area contributed by atoms with E-state index in [1.165, 1.54) is 11.3 Å². The third-order valence-corrected chi connectivity index (χ3v) is 5.03. The number of anilines is 2. The van der Waals surface area contributed by atoms with Crippen LogP contribution in [0.3, 0.4) is 0 Å². The van der Waals surface area contributed by atoms with E-state index in [1.54, 1.807) is 6.07 Å². The maximum atomic E-state index is 12.3. The van der Waals surface area contributed by atoms with Gasteiger partial charge in [0.25, 0.3) is 0 Å². The molecule has 0 atom stereocenters. The summed E-state index contributed by atoms with van der Waals surface area (Å²) >= 11 is 6.14. The SMILES string of the molecule is Cc1ccc(Cl)cc1N1CCN(CC(=O)Nc2cc(C(C)(C)C)no2)CC1. The Bertz CT molecular complexity index is 805. The third-order valence-electron chi connectivity index (χ3n) is 4.79. The fourth-order valence-electron chi connectivity index (χ4n) is 3.14. The van der Waals surface area contributed by atoms with Crippen LogP contribution in [0.25, 0.3) is 0 Å². The maximum Gasteiger partial charge on any atom is 0.240 e. The lowest BCUT2D eigenvalue weighted by Crippen LogP contribution is -2.48. The van der Waals surface area contributed by atoms with Crippen LogP contribution in [0.5, 0.6) is 0 Å². The molecule has 7 heteroatoms. The van der Waals surface area contributed by atoms with Crippen molar-refractivity contribution in [3.63, 3.8) is 0 Å². The lowest BCUT2D eigenvalue weighted by atomic mass is 9.92. The Morgan fingerprint density at radius 1 is 1.22 bits per heavy atom. The second-order valence-electron chi connectivity index (χ2n) is 8.07. The van der Waals surface area contributed by atoms with Crippen molar-refractivity contribution < 1.29 is 9.32 Å². The molecular weight excluding hydrogens is 364 g/mol. The van der Waals surface area contributed by atoms with E-state index in [0.29, 0.717) is 12.4 Å². The standard InChI is InChI=1S/C20H27ClN4O2/c1-14-5-6-15(21)11-16(14)25-9-7-24(8-10-25)13-18(26)22-19-12-17(23-27-19)20(2,3)4/h5-6,11-12H,7-10,13H2,1-4H3,(H,22,26). The van der Waals surface area contributed by atoms with Gasteiger partial charge in [-0.3, -0.25) is 15.0 Å². The minimum absolute atomic E-state index is 0.0843. The first-order chi connectivity index (χ1) is 12.7. The summed E-state index contributed by atoms with van der Waals surface area (Å²) in [6, 6.07) is 7.75. The molecule has 0 saturated carbocycles. The van der Waals surface area contributed by atoms with E-state index in [4.69, 9.17) is 16.1 Å². The van der Waals surface area contributed by atoms with E-state index in [-0.39, 0.29) is 11.3 Å². The molecule has 0 spiro atoms. The monoisotopic (exact) mass is 390 g/mol. The van der Waals surface area contributed by atoms with Crippen molar-refractivity contribution in [2.75, 3.05) is 42.9 Å². The molecule has 1 N–H and O–H groups in total. The normalized spacial score (nSPS) is 15.8. The highest BCUT2D eigenvalue weighted by Crippen LogP contribution is 2.26.